The highest BCUT2D eigenvalue weighted by atomic mass is 16.5. The van der Waals surface area contributed by atoms with E-state index in [2.05, 4.69) is 17.9 Å². The molecule has 0 saturated carbocycles. The van der Waals surface area contributed by atoms with Crippen LogP contribution in [0.3, 0.4) is 0 Å². The molecule has 2 rings (SSSR count). The Morgan fingerprint density at radius 1 is 1.38 bits per heavy atom. The molecule has 0 bridgehead atoms. The highest BCUT2D eigenvalue weighted by molar-refractivity contribution is 5.97. The lowest BCUT2D eigenvalue weighted by molar-refractivity contribution is 0.0602. The fourth-order valence-electron chi connectivity index (χ4n) is 3.17. The van der Waals surface area contributed by atoms with Crippen LogP contribution in [0.1, 0.15) is 54.9 Å². The third-order valence-electron chi connectivity index (χ3n) is 4.46. The van der Waals surface area contributed by atoms with Gasteiger partial charge in [-0.3, -0.25) is 0 Å². The molecule has 116 valence electrons. The second kappa shape index (κ2) is 6.83. The third-order valence-corrected chi connectivity index (χ3v) is 4.46. The summed E-state index contributed by atoms with van der Waals surface area (Å²) in [6.45, 7) is 5.22. The average molecular weight is 290 g/mol. The van der Waals surface area contributed by atoms with Gasteiger partial charge in [-0.1, -0.05) is 19.8 Å². The van der Waals surface area contributed by atoms with Crippen LogP contribution < -0.4 is 10.6 Å². The second-order valence-corrected chi connectivity index (χ2v) is 5.82. The first kappa shape index (κ1) is 15.7. The number of aryl methyl sites for hydroxylation is 1. The van der Waals surface area contributed by atoms with E-state index < -0.39 is 0 Å². The van der Waals surface area contributed by atoms with Gasteiger partial charge in [0.15, 0.2) is 0 Å². The summed E-state index contributed by atoms with van der Waals surface area (Å²) in [5.41, 5.74) is 9.07. The summed E-state index contributed by atoms with van der Waals surface area (Å²) in [4.78, 5) is 14.4. The molecule has 1 fully saturated rings. The van der Waals surface area contributed by atoms with Crippen LogP contribution in [0.15, 0.2) is 12.1 Å². The topological polar surface area (TPSA) is 55.6 Å². The van der Waals surface area contributed by atoms with Crippen LogP contribution in [0.5, 0.6) is 0 Å². The van der Waals surface area contributed by atoms with Crippen molar-refractivity contribution in [2.24, 2.45) is 0 Å². The lowest BCUT2D eigenvalue weighted by Crippen LogP contribution is -2.34. The minimum Gasteiger partial charge on any atom is -0.465 e. The lowest BCUT2D eigenvalue weighted by Gasteiger charge is -2.32. The summed E-state index contributed by atoms with van der Waals surface area (Å²) >= 11 is 0. The monoisotopic (exact) mass is 290 g/mol. The average Bonchev–Trinajstić information content (AvgIpc) is 2.74. The Labute approximate surface area is 127 Å². The van der Waals surface area contributed by atoms with Crippen molar-refractivity contribution in [1.82, 2.24) is 0 Å². The van der Waals surface area contributed by atoms with E-state index in [1.807, 2.05) is 13.0 Å². The summed E-state index contributed by atoms with van der Waals surface area (Å²) in [5, 5.41) is 0. The molecule has 4 heteroatoms. The largest absolute Gasteiger partial charge is 0.465 e. The molecule has 1 aromatic rings. The Morgan fingerprint density at radius 3 is 2.81 bits per heavy atom. The Balaban J connectivity index is 2.42. The number of hydrogen-bond acceptors (Lipinski definition) is 4. The summed E-state index contributed by atoms with van der Waals surface area (Å²) in [6, 6.07) is 4.53. The van der Waals surface area contributed by atoms with Crippen LogP contribution in [-0.4, -0.2) is 25.7 Å². The molecule has 1 aliphatic rings. The highest BCUT2D eigenvalue weighted by Crippen LogP contribution is 2.30. The summed E-state index contributed by atoms with van der Waals surface area (Å²) < 4.78 is 4.85. The van der Waals surface area contributed by atoms with Gasteiger partial charge in [0.05, 0.1) is 12.7 Å². The number of ether oxygens (including phenoxy) is 1. The minimum atomic E-state index is -0.361. The van der Waals surface area contributed by atoms with Crippen LogP contribution in [0.2, 0.25) is 0 Å². The number of nitrogens with two attached hydrogens (primary N) is 1. The molecule has 1 atom stereocenters. The van der Waals surface area contributed by atoms with E-state index in [4.69, 9.17) is 10.5 Å². The summed E-state index contributed by atoms with van der Waals surface area (Å²) in [5.74, 6) is -0.361. The number of benzene rings is 1. The number of nitrogen functional groups attached to an aromatic ring is 1. The van der Waals surface area contributed by atoms with Crippen molar-refractivity contribution in [3.8, 4) is 0 Å². The zero-order valence-electron chi connectivity index (χ0n) is 13.3. The van der Waals surface area contributed by atoms with Gasteiger partial charge in [0.25, 0.3) is 0 Å². The van der Waals surface area contributed by atoms with Crippen LogP contribution >= 0.6 is 0 Å². The number of anilines is 2. The Bertz CT molecular complexity index is 514. The van der Waals surface area contributed by atoms with E-state index in [0.717, 1.165) is 24.2 Å². The molecular weight excluding hydrogens is 264 g/mol. The number of esters is 1. The number of rotatable bonds is 3. The van der Waals surface area contributed by atoms with Gasteiger partial charge in [-0.25, -0.2) is 4.79 Å². The van der Waals surface area contributed by atoms with Gasteiger partial charge in [0, 0.05) is 24.0 Å². The van der Waals surface area contributed by atoms with Crippen LogP contribution in [0, 0.1) is 6.92 Å². The number of carbonyl (C=O) groups excluding carboxylic acids is 1. The molecule has 0 spiro atoms. The Morgan fingerprint density at radius 2 is 2.14 bits per heavy atom. The van der Waals surface area contributed by atoms with E-state index in [1.54, 1.807) is 0 Å². The van der Waals surface area contributed by atoms with Crippen molar-refractivity contribution >= 4 is 17.3 Å². The Hall–Kier alpha value is -1.71. The quantitative estimate of drug-likeness (QED) is 0.683. The molecule has 0 aliphatic carbocycles. The maximum Gasteiger partial charge on any atom is 0.340 e. The van der Waals surface area contributed by atoms with Crippen molar-refractivity contribution < 1.29 is 9.53 Å². The van der Waals surface area contributed by atoms with Crippen molar-refractivity contribution in [3.63, 3.8) is 0 Å². The van der Waals surface area contributed by atoms with Crippen molar-refractivity contribution in [2.75, 3.05) is 24.3 Å². The van der Waals surface area contributed by atoms with Crippen LogP contribution in [-0.2, 0) is 4.74 Å². The fourth-order valence-corrected chi connectivity index (χ4v) is 3.17. The fraction of sp³-hybridized carbons (Fsp3) is 0.588. The van der Waals surface area contributed by atoms with Gasteiger partial charge >= 0.3 is 5.97 Å². The predicted octanol–water partition coefficient (Wildman–Crippen LogP) is 3.52. The van der Waals surface area contributed by atoms with Crippen LogP contribution in [0.25, 0.3) is 0 Å². The first-order chi connectivity index (χ1) is 10.1. The standard InChI is InChI=1S/C17H26N2O2/c1-4-13-8-6-5-7-9-19(13)14-10-12(2)16(18)15(11-14)17(20)21-3/h10-11,13H,4-9,18H2,1-3H3. The molecule has 1 unspecified atom stereocenters. The van der Waals surface area contributed by atoms with E-state index in [9.17, 15) is 4.79 Å². The zero-order valence-corrected chi connectivity index (χ0v) is 13.3. The van der Waals surface area contributed by atoms with Crippen molar-refractivity contribution in [3.05, 3.63) is 23.3 Å². The molecule has 21 heavy (non-hydrogen) atoms. The number of carbonyl (C=O) groups is 1. The van der Waals surface area contributed by atoms with Gasteiger partial charge < -0.3 is 15.4 Å². The van der Waals surface area contributed by atoms with Gasteiger partial charge in [-0.05, 0) is 43.9 Å². The van der Waals surface area contributed by atoms with E-state index >= 15 is 0 Å². The van der Waals surface area contributed by atoms with E-state index in [0.29, 0.717) is 17.3 Å². The van der Waals surface area contributed by atoms with Gasteiger partial charge in [-0.15, -0.1) is 0 Å². The normalized spacial score (nSPS) is 19.2. The molecule has 1 aliphatic heterocycles. The van der Waals surface area contributed by atoms with Crippen LogP contribution in [0.4, 0.5) is 11.4 Å². The number of hydrogen-bond donors (Lipinski definition) is 1. The predicted molar refractivity (Wildman–Crippen MR) is 86.8 cm³/mol. The molecule has 4 nitrogen and oxygen atoms in total. The number of methoxy groups -OCH3 is 1. The first-order valence-electron chi connectivity index (χ1n) is 7.83. The smallest absolute Gasteiger partial charge is 0.340 e. The molecular formula is C17H26N2O2. The summed E-state index contributed by atoms with van der Waals surface area (Å²) in [7, 11) is 1.39. The van der Waals surface area contributed by atoms with Gasteiger partial charge in [0.1, 0.15) is 0 Å². The first-order valence-corrected chi connectivity index (χ1v) is 7.83. The molecule has 1 aromatic carbocycles. The van der Waals surface area contributed by atoms with Crippen molar-refractivity contribution in [2.45, 2.75) is 52.0 Å². The third kappa shape index (κ3) is 3.31. The molecule has 1 heterocycles. The lowest BCUT2D eigenvalue weighted by atomic mass is 10.0. The molecule has 0 radical (unpaired) electrons. The van der Waals surface area contributed by atoms with E-state index in [1.165, 1.54) is 32.8 Å². The maximum atomic E-state index is 11.9. The number of nitrogens with zero attached hydrogens (tertiary/aromatic N) is 1. The molecule has 1 saturated heterocycles. The van der Waals surface area contributed by atoms with Crippen molar-refractivity contribution in [1.29, 1.82) is 0 Å². The molecule has 0 aromatic heterocycles. The Kier molecular flexibility index (Phi) is 5.10. The maximum absolute atomic E-state index is 11.9. The van der Waals surface area contributed by atoms with E-state index in [-0.39, 0.29) is 5.97 Å². The zero-order chi connectivity index (χ0) is 15.4. The SMILES string of the molecule is CCC1CCCCCN1c1cc(C)c(N)c(C(=O)OC)c1. The molecule has 2 N–H and O–H groups in total. The van der Waals surface area contributed by atoms with Gasteiger partial charge in [-0.2, -0.15) is 0 Å². The highest BCUT2D eigenvalue weighted by Gasteiger charge is 2.22. The second-order valence-electron chi connectivity index (χ2n) is 5.82. The summed E-state index contributed by atoms with van der Waals surface area (Å²) in [6.07, 6.45) is 6.11. The minimum absolute atomic E-state index is 0.361. The van der Waals surface area contributed by atoms with Gasteiger partial charge in [0.2, 0.25) is 0 Å². The molecule has 0 amide bonds.